The number of furan rings is 1. The maximum Gasteiger partial charge on any atom is 0.254 e. The van der Waals surface area contributed by atoms with Gasteiger partial charge in [0, 0.05) is 38.2 Å². The van der Waals surface area contributed by atoms with Crippen LogP contribution in [0.3, 0.4) is 0 Å². The van der Waals surface area contributed by atoms with E-state index in [-0.39, 0.29) is 37.1 Å². The second-order valence-corrected chi connectivity index (χ2v) is 11.1. The summed E-state index contributed by atoms with van der Waals surface area (Å²) in [5.74, 6) is 1.08. The lowest BCUT2D eigenvalue weighted by molar-refractivity contribution is -0.0932. The van der Waals surface area contributed by atoms with Crippen LogP contribution in [0.1, 0.15) is 29.0 Å². The fourth-order valence-corrected chi connectivity index (χ4v) is 4.82. The van der Waals surface area contributed by atoms with E-state index in [1.165, 1.54) is 11.2 Å². The summed E-state index contributed by atoms with van der Waals surface area (Å²) < 4.78 is 10.9. The standard InChI is InChI=1S/C28H43NO13S/c30-14-18(32)10-22(35)27(39)24(37)13-29(12-23(36)20(33)11-21(34)25(38)15-31)6-8-41-19-4-1-3-17(9-19)16-43-28(40)26-5-2-7-42-26/h1-5,7,9,18,20-25,27,30-39H,6,8,10-16H2/t18-,20-,21-,22+,23-,24-,25+,27-/m0/s1. The number of aliphatic hydroxyl groups is 10. The number of aliphatic hydroxyl groups excluding tert-OH is 10. The summed E-state index contributed by atoms with van der Waals surface area (Å²) in [4.78, 5) is 13.6. The van der Waals surface area contributed by atoms with E-state index < -0.39 is 74.9 Å². The summed E-state index contributed by atoms with van der Waals surface area (Å²) in [6.45, 7) is -1.91. The molecule has 0 spiro atoms. The molecule has 1 aromatic carbocycles. The molecule has 2 rings (SSSR count). The molecular weight excluding hydrogens is 590 g/mol. The number of ether oxygens (including phenoxy) is 1. The second-order valence-electron chi connectivity index (χ2n) is 10.2. The van der Waals surface area contributed by atoms with Crippen LogP contribution >= 0.6 is 11.8 Å². The van der Waals surface area contributed by atoms with Crippen LogP contribution in [0.4, 0.5) is 0 Å². The first-order valence-corrected chi connectivity index (χ1v) is 14.7. The van der Waals surface area contributed by atoms with E-state index in [2.05, 4.69) is 0 Å². The first-order chi connectivity index (χ1) is 20.4. The normalized spacial score (nSPS) is 17.6. The number of hydrogen-bond acceptors (Lipinski definition) is 15. The summed E-state index contributed by atoms with van der Waals surface area (Å²) in [5, 5.41) is 98.5. The molecule has 0 saturated carbocycles. The summed E-state index contributed by atoms with van der Waals surface area (Å²) >= 11 is 1.06. The van der Waals surface area contributed by atoms with Gasteiger partial charge >= 0.3 is 0 Å². The topological polar surface area (TPSA) is 245 Å². The van der Waals surface area contributed by atoms with Gasteiger partial charge < -0.3 is 60.2 Å². The molecule has 0 radical (unpaired) electrons. The Bertz CT molecular complexity index is 1050. The third kappa shape index (κ3) is 13.2. The van der Waals surface area contributed by atoms with E-state index in [0.717, 1.165) is 17.3 Å². The Kier molecular flexibility index (Phi) is 16.6. The minimum atomic E-state index is -1.72. The van der Waals surface area contributed by atoms with E-state index >= 15 is 0 Å². The van der Waals surface area contributed by atoms with Gasteiger partial charge in [-0.15, -0.1) is 0 Å². The zero-order valence-electron chi connectivity index (χ0n) is 23.6. The van der Waals surface area contributed by atoms with Gasteiger partial charge in [0.15, 0.2) is 5.76 Å². The van der Waals surface area contributed by atoms with Crippen LogP contribution in [0.15, 0.2) is 47.1 Å². The minimum absolute atomic E-state index is 0.0190. The van der Waals surface area contributed by atoms with Crippen molar-refractivity contribution in [3.63, 3.8) is 0 Å². The fourth-order valence-electron chi connectivity index (χ4n) is 4.08. The molecule has 1 aromatic heterocycles. The molecule has 0 bridgehead atoms. The molecule has 0 aliphatic carbocycles. The molecule has 0 saturated heterocycles. The summed E-state index contributed by atoms with van der Waals surface area (Å²) in [5.41, 5.74) is 0.805. The second kappa shape index (κ2) is 19.3. The van der Waals surface area contributed by atoms with Gasteiger partial charge in [0.1, 0.15) is 24.6 Å². The van der Waals surface area contributed by atoms with Crippen LogP contribution in [0.2, 0.25) is 0 Å². The van der Waals surface area contributed by atoms with Crippen molar-refractivity contribution in [3.05, 3.63) is 54.0 Å². The Labute approximate surface area is 253 Å². The Hall–Kier alpha value is -2.12. The highest BCUT2D eigenvalue weighted by Gasteiger charge is 2.30. The number of benzene rings is 1. The Balaban J connectivity index is 2.00. The molecule has 15 heteroatoms. The van der Waals surface area contributed by atoms with Gasteiger partial charge in [-0.1, -0.05) is 23.9 Å². The van der Waals surface area contributed by atoms with Crippen LogP contribution < -0.4 is 4.74 Å². The molecule has 0 amide bonds. The van der Waals surface area contributed by atoms with Gasteiger partial charge in [-0.05, 0) is 29.8 Å². The molecule has 0 aliphatic rings. The Morgan fingerprint density at radius 3 is 2.16 bits per heavy atom. The third-order valence-corrected chi connectivity index (χ3v) is 7.57. The third-order valence-electron chi connectivity index (χ3n) is 6.63. The molecule has 0 aliphatic heterocycles. The van der Waals surface area contributed by atoms with Gasteiger partial charge in [-0.25, -0.2) is 0 Å². The van der Waals surface area contributed by atoms with Crippen molar-refractivity contribution in [2.45, 2.75) is 67.4 Å². The number of carbonyl (C=O) groups is 1. The van der Waals surface area contributed by atoms with Crippen molar-refractivity contribution in [2.75, 3.05) is 39.5 Å². The van der Waals surface area contributed by atoms with E-state index in [0.29, 0.717) is 11.5 Å². The van der Waals surface area contributed by atoms with Crippen LogP contribution in [-0.4, -0.2) is 149 Å². The lowest BCUT2D eigenvalue weighted by Gasteiger charge is -2.32. The first kappa shape index (κ1) is 37.1. The van der Waals surface area contributed by atoms with Gasteiger partial charge in [0.2, 0.25) is 0 Å². The minimum Gasteiger partial charge on any atom is -0.492 e. The van der Waals surface area contributed by atoms with Gasteiger partial charge in [0.25, 0.3) is 5.12 Å². The highest BCUT2D eigenvalue weighted by molar-refractivity contribution is 8.13. The average Bonchev–Trinajstić information content (AvgIpc) is 3.54. The molecule has 1 heterocycles. The van der Waals surface area contributed by atoms with Crippen LogP contribution in [0.25, 0.3) is 0 Å². The van der Waals surface area contributed by atoms with Crippen molar-refractivity contribution in [1.82, 2.24) is 4.90 Å². The first-order valence-electron chi connectivity index (χ1n) is 13.8. The number of thioether (sulfide) groups is 1. The van der Waals surface area contributed by atoms with Gasteiger partial charge in [0.05, 0.1) is 56.1 Å². The lowest BCUT2D eigenvalue weighted by atomic mass is 10.0. The summed E-state index contributed by atoms with van der Waals surface area (Å²) in [6.07, 6.45) is -11.6. The maximum absolute atomic E-state index is 12.2. The van der Waals surface area contributed by atoms with Crippen molar-refractivity contribution in [1.29, 1.82) is 0 Å². The number of hydrogen-bond donors (Lipinski definition) is 10. The highest BCUT2D eigenvalue weighted by Crippen LogP contribution is 2.22. The van der Waals surface area contributed by atoms with Crippen LogP contribution in [-0.2, 0) is 5.75 Å². The predicted octanol–water partition coefficient (Wildman–Crippen LogP) is -2.31. The SMILES string of the molecule is O=C(SCc1cccc(OCCN(C[C@H](O)[C@@H](O)[C@H](O)C[C@H](O)CO)C[C@H](O)[C@@H](O)C[C@H](O)[C@H](O)CO)c1)c1ccco1. The quantitative estimate of drug-likeness (QED) is 0.0694. The monoisotopic (exact) mass is 633 g/mol. The zero-order chi connectivity index (χ0) is 31.9. The zero-order valence-corrected chi connectivity index (χ0v) is 24.4. The van der Waals surface area contributed by atoms with Gasteiger partial charge in [-0.2, -0.15) is 0 Å². The number of nitrogens with zero attached hydrogens (tertiary/aromatic N) is 1. The highest BCUT2D eigenvalue weighted by atomic mass is 32.2. The fraction of sp³-hybridized carbons (Fsp3) is 0.607. The summed E-state index contributed by atoms with van der Waals surface area (Å²) in [7, 11) is 0. The molecule has 0 unspecified atom stereocenters. The van der Waals surface area contributed by atoms with Crippen molar-refractivity contribution in [3.8, 4) is 5.75 Å². The van der Waals surface area contributed by atoms with Gasteiger partial charge in [-0.3, -0.25) is 9.69 Å². The number of carbonyl (C=O) groups excluding carboxylic acids is 1. The van der Waals surface area contributed by atoms with Crippen LogP contribution in [0.5, 0.6) is 5.75 Å². The molecule has 8 atom stereocenters. The van der Waals surface area contributed by atoms with E-state index in [1.807, 2.05) is 6.07 Å². The maximum atomic E-state index is 12.2. The van der Waals surface area contributed by atoms with E-state index in [4.69, 9.17) is 19.4 Å². The lowest BCUT2D eigenvalue weighted by Crippen LogP contribution is -2.50. The molecule has 10 N–H and O–H groups in total. The Morgan fingerprint density at radius 2 is 1.51 bits per heavy atom. The van der Waals surface area contributed by atoms with E-state index in [1.54, 1.807) is 30.3 Å². The molecule has 14 nitrogen and oxygen atoms in total. The molecule has 0 fully saturated rings. The average molecular weight is 634 g/mol. The largest absolute Gasteiger partial charge is 0.492 e. The van der Waals surface area contributed by atoms with Crippen LogP contribution in [0, 0.1) is 0 Å². The number of rotatable bonds is 21. The molecule has 2 aromatic rings. The van der Waals surface area contributed by atoms with Crippen molar-refractivity contribution in [2.24, 2.45) is 0 Å². The molecule has 43 heavy (non-hydrogen) atoms. The molecule has 244 valence electrons. The van der Waals surface area contributed by atoms with Crippen molar-refractivity contribution < 1.29 is 65.0 Å². The Morgan fingerprint density at radius 1 is 0.814 bits per heavy atom. The predicted molar refractivity (Wildman–Crippen MR) is 154 cm³/mol. The summed E-state index contributed by atoms with van der Waals surface area (Å²) in [6, 6.07) is 10.2. The molecular formula is C28H43NO13S. The smallest absolute Gasteiger partial charge is 0.254 e. The van der Waals surface area contributed by atoms with E-state index in [9.17, 15) is 45.6 Å². The van der Waals surface area contributed by atoms with Crippen molar-refractivity contribution >= 4 is 16.9 Å².